The molecule has 15 heavy (non-hydrogen) atoms. The van der Waals surface area contributed by atoms with E-state index in [1.807, 2.05) is 0 Å². The minimum atomic E-state index is 0.186. The Bertz CT molecular complexity index is 161. The van der Waals surface area contributed by atoms with Crippen LogP contribution in [0, 0.1) is 6.92 Å². The summed E-state index contributed by atoms with van der Waals surface area (Å²) in [4.78, 5) is 10.9. The Morgan fingerprint density at radius 3 is 1.80 bits per heavy atom. The van der Waals surface area contributed by atoms with Crippen LogP contribution in [-0.4, -0.2) is 5.78 Å². The van der Waals surface area contributed by atoms with Crippen LogP contribution in [0.15, 0.2) is 12.7 Å². The fourth-order valence-electron chi connectivity index (χ4n) is 1.64. The quantitative estimate of drug-likeness (QED) is 0.362. The first-order valence-electron chi connectivity index (χ1n) is 6.25. The van der Waals surface area contributed by atoms with Gasteiger partial charge in [-0.25, -0.2) is 0 Å². The van der Waals surface area contributed by atoms with E-state index in [0.29, 0.717) is 6.42 Å². The predicted molar refractivity (Wildman–Crippen MR) is 66.7 cm³/mol. The van der Waals surface area contributed by atoms with Gasteiger partial charge in [0.15, 0.2) is 5.78 Å². The summed E-state index contributed by atoms with van der Waals surface area (Å²) in [6.07, 6.45) is 13.3. The van der Waals surface area contributed by atoms with E-state index in [4.69, 9.17) is 0 Å². The van der Waals surface area contributed by atoms with Crippen LogP contribution < -0.4 is 0 Å². The maximum atomic E-state index is 10.9. The van der Waals surface area contributed by atoms with Crippen LogP contribution in [0.25, 0.3) is 0 Å². The summed E-state index contributed by atoms with van der Waals surface area (Å²) in [6.45, 7) is 7.29. The average molecular weight is 209 g/mol. The van der Waals surface area contributed by atoms with E-state index in [1.54, 1.807) is 0 Å². The second kappa shape index (κ2) is 11.5. The lowest BCUT2D eigenvalue weighted by molar-refractivity contribution is -0.114. The molecule has 1 nitrogen and oxygen atoms in total. The Labute approximate surface area is 95.0 Å². The van der Waals surface area contributed by atoms with Crippen molar-refractivity contribution in [2.24, 2.45) is 0 Å². The highest BCUT2D eigenvalue weighted by Gasteiger charge is 1.95. The lowest BCUT2D eigenvalue weighted by Crippen LogP contribution is -1.91. The van der Waals surface area contributed by atoms with E-state index in [9.17, 15) is 4.79 Å². The summed E-state index contributed by atoms with van der Waals surface area (Å²) in [5, 5.41) is 0. The maximum absolute atomic E-state index is 10.9. The number of hydrogen-bond acceptors (Lipinski definition) is 1. The van der Waals surface area contributed by atoms with E-state index in [0.717, 1.165) is 12.8 Å². The molecular formula is C14H25O. The minimum Gasteiger partial charge on any atom is -0.295 e. The van der Waals surface area contributed by atoms with Crippen LogP contribution >= 0.6 is 0 Å². The van der Waals surface area contributed by atoms with Gasteiger partial charge in [0.1, 0.15) is 0 Å². The predicted octanol–water partition coefficient (Wildman–Crippen LogP) is 4.48. The molecule has 0 spiro atoms. The standard InChI is InChI=1S/C14H25O/c1-3-5-6-7-8-9-10-11-12-13-14(15)4-2/h4H,1-3,5-13H2. The van der Waals surface area contributed by atoms with Crippen LogP contribution in [0.3, 0.4) is 0 Å². The SMILES string of the molecule is [CH2]CCCCCCCCCCC(=O)C=C. The monoisotopic (exact) mass is 209 g/mol. The van der Waals surface area contributed by atoms with E-state index < -0.39 is 0 Å². The fraction of sp³-hybridized carbons (Fsp3) is 0.714. The first-order chi connectivity index (χ1) is 7.31. The zero-order valence-electron chi connectivity index (χ0n) is 9.97. The number of ketones is 1. The normalized spacial score (nSPS) is 10.2. The van der Waals surface area contributed by atoms with E-state index in [-0.39, 0.29) is 5.78 Å². The molecule has 1 radical (unpaired) electrons. The van der Waals surface area contributed by atoms with Crippen molar-refractivity contribution in [3.05, 3.63) is 19.6 Å². The van der Waals surface area contributed by atoms with E-state index in [1.165, 1.54) is 51.0 Å². The Kier molecular flexibility index (Phi) is 11.0. The molecule has 0 aromatic carbocycles. The number of hydrogen-bond donors (Lipinski definition) is 0. The molecule has 0 saturated carbocycles. The number of carbonyl (C=O) groups is 1. The summed E-state index contributed by atoms with van der Waals surface area (Å²) < 4.78 is 0. The van der Waals surface area contributed by atoms with Gasteiger partial charge in [0.2, 0.25) is 0 Å². The van der Waals surface area contributed by atoms with Crippen molar-refractivity contribution in [2.75, 3.05) is 0 Å². The third-order valence-electron chi connectivity index (χ3n) is 2.65. The number of unbranched alkanes of at least 4 members (excludes halogenated alkanes) is 8. The highest BCUT2D eigenvalue weighted by atomic mass is 16.1. The molecule has 0 N–H and O–H groups in total. The molecule has 0 amide bonds. The smallest absolute Gasteiger partial charge is 0.155 e. The molecular weight excluding hydrogens is 184 g/mol. The maximum Gasteiger partial charge on any atom is 0.155 e. The third-order valence-corrected chi connectivity index (χ3v) is 2.65. The van der Waals surface area contributed by atoms with Gasteiger partial charge in [0, 0.05) is 6.42 Å². The Morgan fingerprint density at radius 2 is 1.33 bits per heavy atom. The summed E-state index contributed by atoms with van der Waals surface area (Å²) >= 11 is 0. The van der Waals surface area contributed by atoms with Gasteiger partial charge in [-0.2, -0.15) is 0 Å². The molecule has 0 saturated heterocycles. The zero-order valence-corrected chi connectivity index (χ0v) is 9.97. The summed E-state index contributed by atoms with van der Waals surface area (Å²) in [5.74, 6) is 0.186. The van der Waals surface area contributed by atoms with Gasteiger partial charge in [-0.3, -0.25) is 4.79 Å². The summed E-state index contributed by atoms with van der Waals surface area (Å²) in [7, 11) is 0. The van der Waals surface area contributed by atoms with E-state index >= 15 is 0 Å². The van der Waals surface area contributed by atoms with Gasteiger partial charge in [-0.1, -0.05) is 64.9 Å². The van der Waals surface area contributed by atoms with Gasteiger partial charge in [-0.05, 0) is 12.5 Å². The molecule has 0 aromatic heterocycles. The summed E-state index contributed by atoms with van der Waals surface area (Å²) in [5.41, 5.74) is 0. The Morgan fingerprint density at radius 1 is 0.867 bits per heavy atom. The van der Waals surface area contributed by atoms with Crippen molar-refractivity contribution in [1.29, 1.82) is 0 Å². The number of rotatable bonds is 11. The molecule has 0 aliphatic rings. The van der Waals surface area contributed by atoms with Gasteiger partial charge < -0.3 is 0 Å². The first kappa shape index (κ1) is 14.4. The topological polar surface area (TPSA) is 17.1 Å². The van der Waals surface area contributed by atoms with Crippen LogP contribution in [0.5, 0.6) is 0 Å². The van der Waals surface area contributed by atoms with Crippen LogP contribution in [0.2, 0.25) is 0 Å². The molecule has 0 atom stereocenters. The van der Waals surface area contributed by atoms with E-state index in [2.05, 4.69) is 13.5 Å². The van der Waals surface area contributed by atoms with Crippen LogP contribution in [0.4, 0.5) is 0 Å². The second-order valence-corrected chi connectivity index (χ2v) is 4.10. The zero-order chi connectivity index (χ0) is 11.4. The van der Waals surface area contributed by atoms with Gasteiger partial charge in [-0.15, -0.1) is 0 Å². The van der Waals surface area contributed by atoms with Crippen molar-refractivity contribution in [1.82, 2.24) is 0 Å². The molecule has 0 unspecified atom stereocenters. The Balaban J connectivity index is 2.98. The van der Waals surface area contributed by atoms with Crippen LogP contribution in [0.1, 0.15) is 64.2 Å². The van der Waals surface area contributed by atoms with Gasteiger partial charge in [0.05, 0.1) is 0 Å². The molecule has 0 aromatic rings. The van der Waals surface area contributed by atoms with Crippen molar-refractivity contribution < 1.29 is 4.79 Å². The molecule has 0 rings (SSSR count). The Hall–Kier alpha value is -0.590. The van der Waals surface area contributed by atoms with Crippen molar-refractivity contribution in [2.45, 2.75) is 64.2 Å². The molecule has 0 bridgehead atoms. The van der Waals surface area contributed by atoms with Crippen molar-refractivity contribution >= 4 is 5.78 Å². The average Bonchev–Trinajstić information content (AvgIpc) is 2.26. The molecule has 1 heteroatoms. The first-order valence-corrected chi connectivity index (χ1v) is 6.25. The second-order valence-electron chi connectivity index (χ2n) is 4.10. The lowest BCUT2D eigenvalue weighted by Gasteiger charge is -2.00. The highest BCUT2D eigenvalue weighted by Crippen LogP contribution is 2.10. The van der Waals surface area contributed by atoms with Gasteiger partial charge in [0.25, 0.3) is 0 Å². The highest BCUT2D eigenvalue weighted by molar-refractivity contribution is 5.88. The minimum absolute atomic E-state index is 0.186. The molecule has 0 fully saturated rings. The molecule has 87 valence electrons. The van der Waals surface area contributed by atoms with Crippen molar-refractivity contribution in [3.63, 3.8) is 0 Å². The fourth-order valence-corrected chi connectivity index (χ4v) is 1.64. The lowest BCUT2D eigenvalue weighted by atomic mass is 10.1. The van der Waals surface area contributed by atoms with Gasteiger partial charge >= 0.3 is 0 Å². The number of allylic oxidation sites excluding steroid dienone is 1. The molecule has 0 aliphatic carbocycles. The largest absolute Gasteiger partial charge is 0.295 e. The van der Waals surface area contributed by atoms with Crippen molar-refractivity contribution in [3.8, 4) is 0 Å². The third kappa shape index (κ3) is 11.3. The summed E-state index contributed by atoms with van der Waals surface area (Å²) in [6, 6.07) is 0. The van der Waals surface area contributed by atoms with Crippen LogP contribution in [-0.2, 0) is 4.79 Å². The molecule has 0 heterocycles. The molecule has 0 aliphatic heterocycles. The number of carbonyl (C=O) groups excluding carboxylic acids is 1.